The SMILES string of the molecule is CC(=O)Nc1ccc(-c2ccnc(Nc3cccc(N4CCN(C(=O)c5cccnc5)CC4)c3)n2)cc1. The van der Waals surface area contributed by atoms with Crippen LogP contribution in [0, 0.1) is 0 Å². The molecule has 37 heavy (non-hydrogen) atoms. The third-order valence-electron chi connectivity index (χ3n) is 6.10. The van der Waals surface area contributed by atoms with Gasteiger partial charge < -0.3 is 20.4 Å². The van der Waals surface area contributed by atoms with Crippen LogP contribution in [0.3, 0.4) is 0 Å². The maximum absolute atomic E-state index is 12.7. The zero-order valence-corrected chi connectivity index (χ0v) is 20.5. The monoisotopic (exact) mass is 493 g/mol. The van der Waals surface area contributed by atoms with Crippen LogP contribution in [-0.2, 0) is 4.79 Å². The molecule has 1 saturated heterocycles. The smallest absolute Gasteiger partial charge is 0.255 e. The summed E-state index contributed by atoms with van der Waals surface area (Å²) >= 11 is 0. The molecule has 0 spiro atoms. The van der Waals surface area contributed by atoms with Crippen LogP contribution in [-0.4, -0.2) is 57.8 Å². The van der Waals surface area contributed by atoms with Gasteiger partial charge in [-0.25, -0.2) is 9.97 Å². The number of hydrogen-bond donors (Lipinski definition) is 2. The van der Waals surface area contributed by atoms with E-state index in [1.807, 2.05) is 47.4 Å². The molecule has 1 aliphatic rings. The predicted octanol–water partition coefficient (Wildman–Crippen LogP) is 4.20. The number of rotatable bonds is 6. The van der Waals surface area contributed by atoms with Gasteiger partial charge in [0.25, 0.3) is 5.91 Å². The Morgan fingerprint density at radius 3 is 2.41 bits per heavy atom. The number of pyridine rings is 1. The summed E-state index contributed by atoms with van der Waals surface area (Å²) in [6.45, 7) is 4.27. The topological polar surface area (TPSA) is 103 Å². The van der Waals surface area contributed by atoms with E-state index in [-0.39, 0.29) is 11.8 Å². The number of anilines is 4. The van der Waals surface area contributed by atoms with Crippen LogP contribution in [0.15, 0.2) is 85.3 Å². The molecular formula is C28H27N7O2. The number of piperazine rings is 1. The van der Waals surface area contributed by atoms with Crippen LogP contribution in [0.2, 0.25) is 0 Å². The minimum absolute atomic E-state index is 0.0185. The lowest BCUT2D eigenvalue weighted by molar-refractivity contribution is -0.114. The molecule has 186 valence electrons. The van der Waals surface area contributed by atoms with Gasteiger partial charge in [-0.15, -0.1) is 0 Å². The van der Waals surface area contributed by atoms with E-state index in [0.29, 0.717) is 24.6 Å². The average molecular weight is 494 g/mol. The number of benzene rings is 2. The number of amides is 2. The lowest BCUT2D eigenvalue weighted by Crippen LogP contribution is -2.48. The quantitative estimate of drug-likeness (QED) is 0.415. The summed E-state index contributed by atoms with van der Waals surface area (Å²) in [5.41, 5.74) is 5.01. The normalized spacial score (nSPS) is 13.2. The molecule has 5 rings (SSSR count). The molecule has 2 aromatic heterocycles. The van der Waals surface area contributed by atoms with Crippen molar-refractivity contribution in [2.45, 2.75) is 6.92 Å². The van der Waals surface area contributed by atoms with Gasteiger partial charge in [0.1, 0.15) is 0 Å². The highest BCUT2D eigenvalue weighted by molar-refractivity contribution is 5.94. The first-order valence-corrected chi connectivity index (χ1v) is 12.1. The van der Waals surface area contributed by atoms with Crippen LogP contribution in [0.5, 0.6) is 0 Å². The van der Waals surface area contributed by atoms with Crippen molar-refractivity contribution in [2.24, 2.45) is 0 Å². The summed E-state index contributed by atoms with van der Waals surface area (Å²) < 4.78 is 0. The minimum Gasteiger partial charge on any atom is -0.368 e. The first-order chi connectivity index (χ1) is 18.0. The van der Waals surface area contributed by atoms with E-state index < -0.39 is 0 Å². The highest BCUT2D eigenvalue weighted by Gasteiger charge is 2.22. The summed E-state index contributed by atoms with van der Waals surface area (Å²) in [6, 6.07) is 21.1. The number of hydrogen-bond acceptors (Lipinski definition) is 7. The Bertz CT molecular complexity index is 1390. The summed E-state index contributed by atoms with van der Waals surface area (Å²) in [5, 5.41) is 6.07. The van der Waals surface area contributed by atoms with E-state index in [1.165, 1.54) is 6.92 Å². The molecular weight excluding hydrogens is 466 g/mol. The number of nitrogens with zero attached hydrogens (tertiary/aromatic N) is 5. The van der Waals surface area contributed by atoms with E-state index in [0.717, 1.165) is 41.4 Å². The van der Waals surface area contributed by atoms with Crippen LogP contribution in [0.1, 0.15) is 17.3 Å². The molecule has 0 atom stereocenters. The summed E-state index contributed by atoms with van der Waals surface area (Å²) in [7, 11) is 0. The van der Waals surface area contributed by atoms with Crippen molar-refractivity contribution in [3.05, 3.63) is 90.9 Å². The number of aromatic nitrogens is 3. The van der Waals surface area contributed by atoms with Gasteiger partial charge >= 0.3 is 0 Å². The second-order valence-corrected chi connectivity index (χ2v) is 8.72. The molecule has 3 heterocycles. The van der Waals surface area contributed by atoms with Gasteiger partial charge in [0, 0.05) is 74.3 Å². The molecule has 1 fully saturated rings. The molecule has 0 radical (unpaired) electrons. The number of carbonyl (C=O) groups excluding carboxylic acids is 2. The van der Waals surface area contributed by atoms with Gasteiger partial charge in [-0.3, -0.25) is 14.6 Å². The van der Waals surface area contributed by atoms with Crippen LogP contribution < -0.4 is 15.5 Å². The largest absolute Gasteiger partial charge is 0.368 e. The third-order valence-corrected chi connectivity index (χ3v) is 6.10. The van der Waals surface area contributed by atoms with Crippen molar-refractivity contribution >= 4 is 34.8 Å². The third kappa shape index (κ3) is 5.90. The summed E-state index contributed by atoms with van der Waals surface area (Å²) in [4.78, 5) is 41.2. The molecule has 9 heteroatoms. The van der Waals surface area contributed by atoms with E-state index in [9.17, 15) is 9.59 Å². The number of nitrogens with one attached hydrogen (secondary N) is 2. The fourth-order valence-corrected chi connectivity index (χ4v) is 4.26. The lowest BCUT2D eigenvalue weighted by atomic mass is 10.1. The van der Waals surface area contributed by atoms with Crippen molar-refractivity contribution in [3.63, 3.8) is 0 Å². The summed E-state index contributed by atoms with van der Waals surface area (Å²) in [5.74, 6) is 0.404. The maximum atomic E-state index is 12.7. The Kier molecular flexibility index (Phi) is 7.02. The second kappa shape index (κ2) is 10.9. The van der Waals surface area contributed by atoms with Crippen LogP contribution >= 0.6 is 0 Å². The highest BCUT2D eigenvalue weighted by atomic mass is 16.2. The molecule has 2 N–H and O–H groups in total. The highest BCUT2D eigenvalue weighted by Crippen LogP contribution is 2.25. The molecule has 0 aliphatic carbocycles. The van der Waals surface area contributed by atoms with Crippen LogP contribution in [0.4, 0.5) is 23.0 Å². The Morgan fingerprint density at radius 1 is 0.865 bits per heavy atom. The molecule has 9 nitrogen and oxygen atoms in total. The zero-order chi connectivity index (χ0) is 25.6. The predicted molar refractivity (Wildman–Crippen MR) is 144 cm³/mol. The average Bonchev–Trinajstić information content (AvgIpc) is 2.94. The number of carbonyl (C=O) groups is 2. The zero-order valence-electron chi connectivity index (χ0n) is 20.5. The fraction of sp³-hybridized carbons (Fsp3) is 0.179. The lowest BCUT2D eigenvalue weighted by Gasteiger charge is -2.36. The van der Waals surface area contributed by atoms with Gasteiger partial charge in [0.15, 0.2) is 0 Å². The van der Waals surface area contributed by atoms with Crippen molar-refractivity contribution in [1.29, 1.82) is 0 Å². The molecule has 0 bridgehead atoms. The Morgan fingerprint density at radius 2 is 1.68 bits per heavy atom. The van der Waals surface area contributed by atoms with Gasteiger partial charge in [-0.2, -0.15) is 0 Å². The summed E-state index contributed by atoms with van der Waals surface area (Å²) in [6.07, 6.45) is 5.00. The van der Waals surface area contributed by atoms with E-state index in [1.54, 1.807) is 30.7 Å². The molecule has 4 aromatic rings. The molecule has 2 aromatic carbocycles. The standard InChI is InChI=1S/C28H27N7O2/c1-20(36)31-23-9-7-21(8-10-23)26-11-13-30-28(33-26)32-24-5-2-6-25(18-24)34-14-16-35(17-15-34)27(37)22-4-3-12-29-19-22/h2-13,18-19H,14-17H2,1H3,(H,31,36)(H,30,32,33). The van der Waals surface area contributed by atoms with Gasteiger partial charge in [-0.1, -0.05) is 18.2 Å². The Balaban J connectivity index is 1.23. The van der Waals surface area contributed by atoms with Crippen molar-refractivity contribution < 1.29 is 9.59 Å². The Hall–Kier alpha value is -4.79. The fourth-order valence-electron chi connectivity index (χ4n) is 4.26. The van der Waals surface area contributed by atoms with Crippen molar-refractivity contribution in [1.82, 2.24) is 19.9 Å². The Labute approximate surface area is 215 Å². The van der Waals surface area contributed by atoms with Crippen LogP contribution in [0.25, 0.3) is 11.3 Å². The van der Waals surface area contributed by atoms with E-state index in [2.05, 4.69) is 42.6 Å². The first-order valence-electron chi connectivity index (χ1n) is 12.1. The molecule has 1 aliphatic heterocycles. The molecule has 0 saturated carbocycles. The van der Waals surface area contributed by atoms with E-state index in [4.69, 9.17) is 0 Å². The molecule has 2 amide bonds. The first kappa shape index (κ1) is 23.9. The molecule has 0 unspecified atom stereocenters. The van der Waals surface area contributed by atoms with Gasteiger partial charge in [0.05, 0.1) is 11.3 Å². The minimum atomic E-state index is -0.108. The second-order valence-electron chi connectivity index (χ2n) is 8.72. The van der Waals surface area contributed by atoms with Gasteiger partial charge in [-0.05, 0) is 48.5 Å². The van der Waals surface area contributed by atoms with Gasteiger partial charge in [0.2, 0.25) is 11.9 Å². The van der Waals surface area contributed by atoms with Crippen molar-refractivity contribution in [3.8, 4) is 11.3 Å². The maximum Gasteiger partial charge on any atom is 0.255 e. The van der Waals surface area contributed by atoms with E-state index >= 15 is 0 Å². The van der Waals surface area contributed by atoms with Crippen molar-refractivity contribution in [2.75, 3.05) is 41.7 Å².